The van der Waals surface area contributed by atoms with Gasteiger partial charge in [-0.1, -0.05) is 20.8 Å². The molecule has 0 heterocycles. The van der Waals surface area contributed by atoms with Crippen molar-refractivity contribution in [2.75, 3.05) is 0 Å². The molecule has 0 saturated heterocycles. The van der Waals surface area contributed by atoms with Crippen LogP contribution in [-0.4, -0.2) is 9.08 Å². The molecule has 0 aliphatic carbocycles. The van der Waals surface area contributed by atoms with E-state index in [0.29, 0.717) is 0 Å². The van der Waals surface area contributed by atoms with Gasteiger partial charge in [0.2, 0.25) is 0 Å². The molecule has 9 heavy (non-hydrogen) atoms. The lowest BCUT2D eigenvalue weighted by atomic mass is 10.0. The summed E-state index contributed by atoms with van der Waals surface area (Å²) in [6.07, 6.45) is 0. The van der Waals surface area contributed by atoms with Gasteiger partial charge in [0.15, 0.2) is 0 Å². The van der Waals surface area contributed by atoms with Crippen molar-refractivity contribution < 1.29 is 12.3 Å². The molecule has 56 valence electrons. The molecule has 0 aromatic rings. The maximum atomic E-state index is 11.7. The molecule has 0 spiro atoms. The third-order valence-corrected chi connectivity index (χ3v) is 2.19. The summed E-state index contributed by atoms with van der Waals surface area (Å²) in [7, 11) is -5.29. The normalized spacial score (nSPS) is 14.0. The molecule has 0 nitrogen and oxygen atoms in total. The molecule has 0 saturated carbocycles. The van der Waals surface area contributed by atoms with E-state index in [1.54, 1.807) is 20.8 Å². The predicted molar refractivity (Wildman–Crippen MR) is 33.3 cm³/mol. The molecule has 0 atom stereocenters. The second kappa shape index (κ2) is 2.32. The highest BCUT2D eigenvalue weighted by Crippen LogP contribution is 2.29. The number of hydrogen-bond donors (Lipinski definition) is 0. The minimum atomic E-state index is -5.29. The van der Waals surface area contributed by atoms with E-state index in [-0.39, 0.29) is 0 Å². The Morgan fingerprint density at radius 3 is 1.44 bits per heavy atom. The topological polar surface area (TPSA) is 0 Å². The highest BCUT2D eigenvalue weighted by atomic mass is 28.5. The Hall–Kier alpha value is 0.00688. The lowest BCUT2D eigenvalue weighted by molar-refractivity contribution is 0.377. The summed E-state index contributed by atoms with van der Waals surface area (Å²) in [4.78, 5) is 0. The van der Waals surface area contributed by atoms with Crippen molar-refractivity contribution in [3.8, 4) is 0 Å². The summed E-state index contributed by atoms with van der Waals surface area (Å²) in [6, 6.07) is -0.569. The molecule has 0 bridgehead atoms. The average Bonchev–Trinajstić information content (AvgIpc) is 1.14. The van der Waals surface area contributed by atoms with Crippen LogP contribution in [0.15, 0.2) is 0 Å². The molecule has 0 aromatic carbocycles. The van der Waals surface area contributed by atoms with Gasteiger partial charge in [-0.25, -0.2) is 12.3 Å². The van der Waals surface area contributed by atoms with E-state index in [9.17, 15) is 12.3 Å². The van der Waals surface area contributed by atoms with Gasteiger partial charge in [-0.05, 0) is 5.41 Å². The molecule has 0 aliphatic heterocycles. The van der Waals surface area contributed by atoms with Crippen LogP contribution < -0.4 is 0 Å². The fourth-order valence-corrected chi connectivity index (χ4v) is 1.80. The van der Waals surface area contributed by atoms with Gasteiger partial charge < -0.3 is 0 Å². The monoisotopic (exact) mass is 156 g/mol. The van der Waals surface area contributed by atoms with E-state index in [0.717, 1.165) is 0 Å². The van der Waals surface area contributed by atoms with Crippen LogP contribution in [0.2, 0.25) is 6.04 Å². The van der Waals surface area contributed by atoms with Crippen LogP contribution in [0, 0.1) is 5.41 Å². The Bertz CT molecular complexity index is 77.4. The predicted octanol–water partition coefficient (Wildman–Crippen LogP) is 2.88. The number of rotatable bonds is 1. The Balaban J connectivity index is 3.75. The van der Waals surface area contributed by atoms with Crippen molar-refractivity contribution in [2.45, 2.75) is 26.8 Å². The Labute approximate surface area is 54.6 Å². The van der Waals surface area contributed by atoms with Crippen molar-refractivity contribution in [1.82, 2.24) is 0 Å². The van der Waals surface area contributed by atoms with E-state index >= 15 is 0 Å². The van der Waals surface area contributed by atoms with Crippen LogP contribution in [0.4, 0.5) is 12.3 Å². The van der Waals surface area contributed by atoms with Crippen LogP contribution in [0.1, 0.15) is 20.8 Å². The maximum absolute atomic E-state index is 11.7. The van der Waals surface area contributed by atoms with Crippen molar-refractivity contribution >= 4 is 9.08 Å². The molecule has 0 N–H and O–H groups in total. The lowest BCUT2D eigenvalue weighted by Crippen LogP contribution is -2.23. The first-order valence-electron chi connectivity index (χ1n) is 2.77. The van der Waals surface area contributed by atoms with Gasteiger partial charge in [0.05, 0.1) is 0 Å². The molecular weight excluding hydrogens is 145 g/mol. The molecule has 4 heteroatoms. The molecule has 0 amide bonds. The van der Waals surface area contributed by atoms with Crippen LogP contribution in [0.5, 0.6) is 0 Å². The average molecular weight is 156 g/mol. The Morgan fingerprint density at radius 1 is 1.11 bits per heavy atom. The fourth-order valence-electron chi connectivity index (χ4n) is 0.601. The van der Waals surface area contributed by atoms with E-state index in [1.807, 2.05) is 0 Å². The first kappa shape index (κ1) is 9.01. The zero-order chi connectivity index (χ0) is 7.71. The van der Waals surface area contributed by atoms with Gasteiger partial charge in [0.1, 0.15) is 0 Å². The highest BCUT2D eigenvalue weighted by Gasteiger charge is 2.40. The molecule has 0 rings (SSSR count). The van der Waals surface area contributed by atoms with Crippen LogP contribution in [-0.2, 0) is 0 Å². The second-order valence-electron chi connectivity index (χ2n) is 3.35. The van der Waals surface area contributed by atoms with Gasteiger partial charge in [-0.2, -0.15) is 0 Å². The minimum Gasteiger partial charge on any atom is -0.238 e. The molecule has 0 unspecified atom stereocenters. The summed E-state index contributed by atoms with van der Waals surface area (Å²) in [6.45, 7) is 4.81. The summed E-state index contributed by atoms with van der Waals surface area (Å²) >= 11 is 0. The zero-order valence-corrected chi connectivity index (χ0v) is 6.84. The largest absolute Gasteiger partial charge is 0.616 e. The summed E-state index contributed by atoms with van der Waals surface area (Å²) in [5.41, 5.74) is -0.579. The first-order chi connectivity index (χ1) is 3.71. The van der Waals surface area contributed by atoms with Crippen LogP contribution in [0.3, 0.4) is 0 Å². The van der Waals surface area contributed by atoms with Crippen molar-refractivity contribution in [1.29, 1.82) is 0 Å². The van der Waals surface area contributed by atoms with Gasteiger partial charge in [0.25, 0.3) is 0 Å². The van der Waals surface area contributed by atoms with Crippen LogP contribution >= 0.6 is 0 Å². The van der Waals surface area contributed by atoms with Gasteiger partial charge >= 0.3 is 9.08 Å². The lowest BCUT2D eigenvalue weighted by Gasteiger charge is -2.17. The maximum Gasteiger partial charge on any atom is 0.616 e. The third kappa shape index (κ3) is 8.01. The third-order valence-electron chi connectivity index (χ3n) is 0.731. The standard InChI is InChI=1S/C5H11F3Si/c1-5(2,3)4-9(6,7)8/h4H2,1-3H3. The quantitative estimate of drug-likeness (QED) is 0.404. The molecule has 0 radical (unpaired) electrons. The summed E-state index contributed by atoms with van der Waals surface area (Å²) in [5, 5.41) is 0. The first-order valence-corrected chi connectivity index (χ1v) is 4.62. The fraction of sp³-hybridized carbons (Fsp3) is 1.00. The van der Waals surface area contributed by atoms with E-state index in [4.69, 9.17) is 0 Å². The Kier molecular flexibility index (Phi) is 2.33. The van der Waals surface area contributed by atoms with Crippen molar-refractivity contribution in [3.05, 3.63) is 0 Å². The van der Waals surface area contributed by atoms with Crippen molar-refractivity contribution in [3.63, 3.8) is 0 Å². The zero-order valence-electron chi connectivity index (χ0n) is 5.84. The van der Waals surface area contributed by atoms with Gasteiger partial charge in [-0.15, -0.1) is 0 Å². The molecule has 0 aliphatic rings. The van der Waals surface area contributed by atoms with Gasteiger partial charge in [-0.3, -0.25) is 0 Å². The highest BCUT2D eigenvalue weighted by molar-refractivity contribution is 6.58. The van der Waals surface area contributed by atoms with E-state index in [2.05, 4.69) is 0 Å². The number of hydrogen-bond acceptors (Lipinski definition) is 0. The van der Waals surface area contributed by atoms with E-state index < -0.39 is 20.5 Å². The summed E-state index contributed by atoms with van der Waals surface area (Å²) in [5.74, 6) is 0. The summed E-state index contributed by atoms with van der Waals surface area (Å²) < 4.78 is 35.1. The molecular formula is C5H11F3Si. The number of halogens is 3. The smallest absolute Gasteiger partial charge is 0.238 e. The SMILES string of the molecule is CC(C)(C)C[Si](F)(F)F. The molecule has 0 fully saturated rings. The second-order valence-corrected chi connectivity index (χ2v) is 4.94. The van der Waals surface area contributed by atoms with Gasteiger partial charge in [0, 0.05) is 6.04 Å². The van der Waals surface area contributed by atoms with Crippen molar-refractivity contribution in [2.24, 2.45) is 5.41 Å². The van der Waals surface area contributed by atoms with E-state index in [1.165, 1.54) is 0 Å². The Morgan fingerprint density at radius 2 is 1.44 bits per heavy atom. The molecule has 0 aromatic heterocycles. The minimum absolute atomic E-state index is 0.569. The van der Waals surface area contributed by atoms with Crippen LogP contribution in [0.25, 0.3) is 0 Å².